The highest BCUT2D eigenvalue weighted by atomic mass is 32.2. The predicted octanol–water partition coefficient (Wildman–Crippen LogP) is 3.55. The monoisotopic (exact) mass is 292 g/mol. The van der Waals surface area contributed by atoms with Crippen molar-refractivity contribution < 1.29 is 0 Å². The number of piperazine rings is 1. The molecule has 20 heavy (non-hydrogen) atoms. The van der Waals surface area contributed by atoms with Gasteiger partial charge in [-0.1, -0.05) is 37.3 Å². The van der Waals surface area contributed by atoms with Gasteiger partial charge in [-0.2, -0.15) is 11.8 Å². The van der Waals surface area contributed by atoms with E-state index in [4.69, 9.17) is 0 Å². The van der Waals surface area contributed by atoms with E-state index in [0.29, 0.717) is 16.8 Å². The molecule has 2 atom stereocenters. The SMILES string of the molecule is CCC1CN(CC(C)(C)SC)C(c2ccccc2)CN1. The van der Waals surface area contributed by atoms with E-state index < -0.39 is 0 Å². The predicted molar refractivity (Wildman–Crippen MR) is 90.4 cm³/mol. The Morgan fingerprint density at radius 3 is 2.60 bits per heavy atom. The molecule has 2 rings (SSSR count). The highest BCUT2D eigenvalue weighted by Gasteiger charge is 2.31. The van der Waals surface area contributed by atoms with Crippen molar-refractivity contribution in [1.82, 2.24) is 10.2 Å². The van der Waals surface area contributed by atoms with Crippen LogP contribution in [0.1, 0.15) is 38.8 Å². The fourth-order valence-corrected chi connectivity index (χ4v) is 3.18. The van der Waals surface area contributed by atoms with E-state index in [9.17, 15) is 0 Å². The van der Waals surface area contributed by atoms with Gasteiger partial charge in [-0.15, -0.1) is 0 Å². The zero-order chi connectivity index (χ0) is 14.6. The smallest absolute Gasteiger partial charge is 0.0474 e. The molecule has 1 aromatic carbocycles. The average Bonchev–Trinajstić information content (AvgIpc) is 2.47. The van der Waals surface area contributed by atoms with Gasteiger partial charge in [0.2, 0.25) is 0 Å². The minimum atomic E-state index is 0.308. The molecule has 0 bridgehead atoms. The summed E-state index contributed by atoms with van der Waals surface area (Å²) in [5.74, 6) is 0. The molecule has 1 saturated heterocycles. The van der Waals surface area contributed by atoms with E-state index in [1.54, 1.807) is 0 Å². The van der Waals surface area contributed by atoms with Crippen LogP contribution < -0.4 is 5.32 Å². The van der Waals surface area contributed by atoms with Gasteiger partial charge in [0.05, 0.1) is 0 Å². The normalized spacial score (nSPS) is 24.8. The van der Waals surface area contributed by atoms with Crippen molar-refractivity contribution in [3.05, 3.63) is 35.9 Å². The third-order valence-corrected chi connectivity index (χ3v) is 5.54. The summed E-state index contributed by atoms with van der Waals surface area (Å²) in [7, 11) is 0. The topological polar surface area (TPSA) is 15.3 Å². The molecule has 112 valence electrons. The van der Waals surface area contributed by atoms with E-state index in [1.807, 2.05) is 11.8 Å². The lowest BCUT2D eigenvalue weighted by Crippen LogP contribution is -2.54. The van der Waals surface area contributed by atoms with Gasteiger partial charge in [0.15, 0.2) is 0 Å². The number of hydrogen-bond acceptors (Lipinski definition) is 3. The van der Waals surface area contributed by atoms with Crippen LogP contribution in [-0.2, 0) is 0 Å². The molecule has 2 unspecified atom stereocenters. The first-order chi connectivity index (χ1) is 9.55. The van der Waals surface area contributed by atoms with Crippen molar-refractivity contribution in [2.75, 3.05) is 25.9 Å². The van der Waals surface area contributed by atoms with Gasteiger partial charge in [0.1, 0.15) is 0 Å². The molecule has 3 heteroatoms. The van der Waals surface area contributed by atoms with E-state index in [0.717, 1.165) is 19.6 Å². The molecular weight excluding hydrogens is 264 g/mol. The Hall–Kier alpha value is -0.510. The molecule has 0 saturated carbocycles. The molecule has 1 fully saturated rings. The lowest BCUT2D eigenvalue weighted by atomic mass is 9.98. The van der Waals surface area contributed by atoms with Gasteiger partial charge in [-0.05, 0) is 32.1 Å². The van der Waals surface area contributed by atoms with Gasteiger partial charge in [0, 0.05) is 36.5 Å². The third kappa shape index (κ3) is 4.00. The molecule has 1 heterocycles. The van der Waals surface area contributed by atoms with E-state index >= 15 is 0 Å². The minimum absolute atomic E-state index is 0.308. The molecule has 1 aliphatic heterocycles. The van der Waals surface area contributed by atoms with Crippen molar-refractivity contribution >= 4 is 11.8 Å². The standard InChI is InChI=1S/C17H28N2S/c1-5-15-12-19(13-17(2,3)20-4)16(11-18-15)14-9-7-6-8-10-14/h6-10,15-16,18H,5,11-13H2,1-4H3. The molecule has 0 aromatic heterocycles. The summed E-state index contributed by atoms with van der Waals surface area (Å²) in [5, 5.41) is 3.70. The molecule has 0 amide bonds. The van der Waals surface area contributed by atoms with Crippen molar-refractivity contribution in [2.45, 2.75) is 44.0 Å². The Bertz CT molecular complexity index is 405. The molecular formula is C17H28N2S. The summed E-state index contributed by atoms with van der Waals surface area (Å²) in [5.41, 5.74) is 1.44. The molecule has 1 N–H and O–H groups in total. The summed E-state index contributed by atoms with van der Waals surface area (Å²) >= 11 is 1.96. The van der Waals surface area contributed by atoms with Crippen LogP contribution in [0.2, 0.25) is 0 Å². The number of rotatable bonds is 5. The molecule has 0 radical (unpaired) electrons. The van der Waals surface area contributed by atoms with Gasteiger partial charge in [0.25, 0.3) is 0 Å². The number of benzene rings is 1. The first kappa shape index (κ1) is 15.9. The van der Waals surface area contributed by atoms with E-state index in [-0.39, 0.29) is 0 Å². The molecule has 1 aromatic rings. The zero-order valence-electron chi connectivity index (χ0n) is 13.2. The summed E-state index contributed by atoms with van der Waals surface area (Å²) in [6, 6.07) is 12.1. The summed E-state index contributed by atoms with van der Waals surface area (Å²) in [6.45, 7) is 10.3. The van der Waals surface area contributed by atoms with Crippen LogP contribution >= 0.6 is 11.8 Å². The van der Waals surface area contributed by atoms with Gasteiger partial charge < -0.3 is 5.32 Å². The maximum absolute atomic E-state index is 3.70. The second kappa shape index (κ2) is 6.97. The highest BCUT2D eigenvalue weighted by Crippen LogP contribution is 2.30. The van der Waals surface area contributed by atoms with Gasteiger partial charge in [-0.25, -0.2) is 0 Å². The number of hydrogen-bond donors (Lipinski definition) is 1. The molecule has 2 nitrogen and oxygen atoms in total. The Labute approximate surface area is 128 Å². The molecule has 0 aliphatic carbocycles. The average molecular weight is 292 g/mol. The summed E-state index contributed by atoms with van der Waals surface area (Å²) in [4.78, 5) is 2.68. The molecule has 0 spiro atoms. The van der Waals surface area contributed by atoms with Crippen LogP contribution in [0.5, 0.6) is 0 Å². The number of thioether (sulfide) groups is 1. The first-order valence-corrected chi connectivity index (χ1v) is 8.85. The van der Waals surface area contributed by atoms with Crippen LogP contribution in [-0.4, -0.2) is 41.6 Å². The van der Waals surface area contributed by atoms with Crippen molar-refractivity contribution in [3.8, 4) is 0 Å². The fraction of sp³-hybridized carbons (Fsp3) is 0.647. The van der Waals surface area contributed by atoms with E-state index in [1.165, 1.54) is 12.0 Å². The second-order valence-corrected chi connectivity index (χ2v) is 7.85. The number of nitrogens with zero attached hydrogens (tertiary/aromatic N) is 1. The van der Waals surface area contributed by atoms with Crippen LogP contribution in [0.15, 0.2) is 30.3 Å². The number of nitrogens with one attached hydrogen (secondary N) is 1. The largest absolute Gasteiger partial charge is 0.311 e. The van der Waals surface area contributed by atoms with Crippen LogP contribution in [0.4, 0.5) is 0 Å². The fourth-order valence-electron chi connectivity index (χ4n) is 2.89. The van der Waals surface area contributed by atoms with Crippen LogP contribution in [0.25, 0.3) is 0 Å². The summed E-state index contributed by atoms with van der Waals surface area (Å²) in [6.07, 6.45) is 3.43. The van der Waals surface area contributed by atoms with Crippen molar-refractivity contribution in [1.29, 1.82) is 0 Å². The Balaban J connectivity index is 2.16. The Kier molecular flexibility index (Phi) is 5.53. The lowest BCUT2D eigenvalue weighted by molar-refractivity contribution is 0.120. The van der Waals surface area contributed by atoms with Crippen molar-refractivity contribution in [2.24, 2.45) is 0 Å². The van der Waals surface area contributed by atoms with Crippen LogP contribution in [0.3, 0.4) is 0 Å². The van der Waals surface area contributed by atoms with Gasteiger partial charge in [-0.3, -0.25) is 4.90 Å². The Morgan fingerprint density at radius 1 is 1.30 bits per heavy atom. The van der Waals surface area contributed by atoms with Crippen molar-refractivity contribution in [3.63, 3.8) is 0 Å². The quantitative estimate of drug-likeness (QED) is 0.893. The first-order valence-electron chi connectivity index (χ1n) is 7.63. The Morgan fingerprint density at radius 2 is 2.00 bits per heavy atom. The lowest BCUT2D eigenvalue weighted by Gasteiger charge is -2.43. The highest BCUT2D eigenvalue weighted by molar-refractivity contribution is 7.99. The maximum Gasteiger partial charge on any atom is 0.0474 e. The molecule has 1 aliphatic rings. The minimum Gasteiger partial charge on any atom is -0.311 e. The maximum atomic E-state index is 3.70. The zero-order valence-corrected chi connectivity index (χ0v) is 14.0. The second-order valence-electron chi connectivity index (χ2n) is 6.33. The third-order valence-electron chi connectivity index (χ3n) is 4.31. The van der Waals surface area contributed by atoms with E-state index in [2.05, 4.69) is 67.6 Å². The van der Waals surface area contributed by atoms with Gasteiger partial charge >= 0.3 is 0 Å². The summed E-state index contributed by atoms with van der Waals surface area (Å²) < 4.78 is 0.308. The van der Waals surface area contributed by atoms with Crippen LogP contribution in [0, 0.1) is 0 Å².